The Balaban J connectivity index is -0.0000000300. The molecule has 0 aromatic rings. The van der Waals surface area contributed by atoms with E-state index < -0.39 is 10.2 Å². The zero-order chi connectivity index (χ0) is 7.15. The van der Waals surface area contributed by atoms with E-state index in [2.05, 4.69) is 0 Å². The summed E-state index contributed by atoms with van der Waals surface area (Å²) in [7, 11) is 0. The zero-order valence-electron chi connectivity index (χ0n) is 4.79. The number of nitrogens with zero attached hydrogens (tertiary/aromatic N) is 2. The van der Waals surface area contributed by atoms with Gasteiger partial charge in [-0.15, -0.1) is 0 Å². The van der Waals surface area contributed by atoms with Crippen LogP contribution in [0.5, 0.6) is 0 Å². The molecule has 0 unspecified atom stereocenters. The number of hydrogen-bond donors (Lipinski definition) is 0. The largest absolute Gasteiger partial charge is 1.00 e. The van der Waals surface area contributed by atoms with Crippen LogP contribution in [-0.2, 0) is 0 Å². The number of hydrogen-bond acceptors (Lipinski definition) is 6. The van der Waals surface area contributed by atoms with Crippen LogP contribution in [0.15, 0.2) is 0 Å². The molecule has 8 nitrogen and oxygen atoms in total. The van der Waals surface area contributed by atoms with Gasteiger partial charge in [0.2, 0.25) is 0 Å². The Hall–Kier alpha value is -0.310. The molecule has 10 heteroatoms. The van der Waals surface area contributed by atoms with Gasteiger partial charge in [-0.25, -0.2) is 0 Å². The van der Waals surface area contributed by atoms with Crippen LogP contribution in [0.4, 0.5) is 0 Å². The van der Waals surface area contributed by atoms with Gasteiger partial charge in [0, 0.05) is 0 Å². The van der Waals surface area contributed by atoms with Crippen LogP contribution in [-0.4, -0.2) is 10.2 Å². The van der Waals surface area contributed by atoms with Gasteiger partial charge in [0.15, 0.2) is 0 Å². The minimum absolute atomic E-state index is 0. The summed E-state index contributed by atoms with van der Waals surface area (Å²) in [4.78, 5) is 16.5. The summed E-state index contributed by atoms with van der Waals surface area (Å²) in [5, 5.41) is 29.5. The third-order valence-corrected chi connectivity index (χ3v) is 0. The first kappa shape index (κ1) is 22.6. The van der Waals surface area contributed by atoms with Crippen molar-refractivity contribution in [3.63, 3.8) is 0 Å². The maximum absolute atomic E-state index is 8.25. The monoisotopic (exact) mass is 184 g/mol. The van der Waals surface area contributed by atoms with E-state index >= 15 is 0 Å². The van der Waals surface area contributed by atoms with Crippen molar-refractivity contribution in [2.45, 2.75) is 0 Å². The minimum Gasteiger partial charge on any atom is -0.356 e. The molecule has 0 amide bonds. The molecule has 0 aliphatic heterocycles. The first-order chi connectivity index (χ1) is 3.46. The normalized spacial score (nSPS) is 4.80. The van der Waals surface area contributed by atoms with Crippen LogP contribution in [0.1, 0.15) is 0 Å². The van der Waals surface area contributed by atoms with E-state index in [1.165, 1.54) is 0 Å². The zero-order valence-corrected chi connectivity index (χ0v) is 7.69. The van der Waals surface area contributed by atoms with Gasteiger partial charge >= 0.3 is 29.6 Å². The Morgan fingerprint density at radius 2 is 0.800 bits per heavy atom. The van der Waals surface area contributed by atoms with Gasteiger partial charge in [-0.2, -0.15) is 0 Å². The van der Waals surface area contributed by atoms with Crippen LogP contribution in [0.3, 0.4) is 0 Å². The standard InChI is InChI=1S/ClH2.2NO3.Na/c;2*2-1(3)4;/h1H2;;;/q+1;2*-1;+1. The molecular weight excluding hydrogens is 182 g/mol. The molecular formula is H2ClN2NaO6. The molecule has 0 rings (SSSR count). The second kappa shape index (κ2) is 15.9. The van der Waals surface area contributed by atoms with Gasteiger partial charge in [-0.1, -0.05) is 0 Å². The van der Waals surface area contributed by atoms with E-state index in [9.17, 15) is 0 Å². The average Bonchev–Trinajstić information content (AvgIpc) is 1.25. The maximum atomic E-state index is 8.25. The summed E-state index contributed by atoms with van der Waals surface area (Å²) in [6.07, 6.45) is 0. The fourth-order valence-electron chi connectivity index (χ4n) is 0. The summed E-state index contributed by atoms with van der Waals surface area (Å²) < 4.78 is 0. The Bertz CT molecular complexity index is 73.7. The molecule has 0 heterocycles. The van der Waals surface area contributed by atoms with E-state index in [0.717, 1.165) is 0 Å². The maximum Gasteiger partial charge on any atom is 1.00 e. The Labute approximate surface area is 82.7 Å². The summed E-state index contributed by atoms with van der Waals surface area (Å²) >= 11 is 0. The second-order valence-electron chi connectivity index (χ2n) is 0.447. The molecule has 0 aromatic heterocycles. The van der Waals surface area contributed by atoms with E-state index in [-0.39, 0.29) is 42.0 Å². The number of rotatable bonds is 0. The van der Waals surface area contributed by atoms with Gasteiger partial charge < -0.3 is 30.6 Å². The van der Waals surface area contributed by atoms with Crippen molar-refractivity contribution >= 4 is 0 Å². The molecule has 0 N–H and O–H groups in total. The van der Waals surface area contributed by atoms with Crippen LogP contribution in [0.25, 0.3) is 0 Å². The molecule has 0 spiro atoms. The molecule has 0 saturated heterocycles. The Morgan fingerprint density at radius 3 is 0.800 bits per heavy atom. The summed E-state index contributed by atoms with van der Waals surface area (Å²) in [5.41, 5.74) is 0. The van der Waals surface area contributed by atoms with E-state index in [0.29, 0.717) is 0 Å². The Kier molecular flexibility index (Phi) is 35.9. The van der Waals surface area contributed by atoms with Crippen LogP contribution in [0.2, 0.25) is 0 Å². The molecule has 0 bridgehead atoms. The van der Waals surface area contributed by atoms with Crippen molar-refractivity contribution in [1.82, 2.24) is 0 Å². The first-order valence-corrected chi connectivity index (χ1v) is 1.10. The van der Waals surface area contributed by atoms with E-state index in [1.807, 2.05) is 0 Å². The van der Waals surface area contributed by atoms with Gasteiger partial charge in [0.25, 0.3) is 0 Å². The van der Waals surface area contributed by atoms with Gasteiger partial charge in [-0.3, -0.25) is 0 Å². The van der Waals surface area contributed by atoms with Gasteiger partial charge in [0.1, 0.15) is 0 Å². The molecule has 0 saturated carbocycles. The van der Waals surface area contributed by atoms with Crippen LogP contribution >= 0.6 is 0 Å². The Morgan fingerprint density at radius 1 is 0.800 bits per heavy atom. The predicted octanol–water partition coefficient (Wildman–Crippen LogP) is -4.01. The molecule has 0 radical (unpaired) electrons. The summed E-state index contributed by atoms with van der Waals surface area (Å²) in [5.74, 6) is 0. The SMILES string of the molecule is O=[N+]([O-])[O-].O=[N+]([O-])[O-].[ClH2+].[Na+]. The van der Waals surface area contributed by atoms with Crippen LogP contribution < -0.4 is 29.6 Å². The fourth-order valence-corrected chi connectivity index (χ4v) is 0. The van der Waals surface area contributed by atoms with E-state index in [4.69, 9.17) is 30.6 Å². The molecule has 0 aromatic carbocycles. The molecule has 56 valence electrons. The quantitative estimate of drug-likeness (QED) is 0.214. The first-order valence-electron chi connectivity index (χ1n) is 1.10. The smallest absolute Gasteiger partial charge is 0.356 e. The van der Waals surface area contributed by atoms with Crippen molar-refractivity contribution in [3.05, 3.63) is 30.6 Å². The van der Waals surface area contributed by atoms with E-state index in [1.54, 1.807) is 0 Å². The third-order valence-electron chi connectivity index (χ3n) is 0. The third kappa shape index (κ3) is 3580. The molecule has 10 heavy (non-hydrogen) atoms. The average molecular weight is 184 g/mol. The van der Waals surface area contributed by atoms with Crippen molar-refractivity contribution in [2.24, 2.45) is 0 Å². The van der Waals surface area contributed by atoms with Crippen LogP contribution in [0, 0.1) is 43.1 Å². The molecule has 0 fully saturated rings. The molecule has 0 aliphatic rings. The van der Waals surface area contributed by atoms with Crippen molar-refractivity contribution in [1.29, 1.82) is 0 Å². The molecule has 0 atom stereocenters. The predicted molar refractivity (Wildman–Crippen MR) is 23.5 cm³/mol. The topological polar surface area (TPSA) is 132 Å². The number of halogens is 1. The molecule has 0 aliphatic carbocycles. The van der Waals surface area contributed by atoms with Crippen molar-refractivity contribution < 1.29 is 52.1 Å². The van der Waals surface area contributed by atoms with Crippen molar-refractivity contribution in [2.75, 3.05) is 0 Å². The van der Waals surface area contributed by atoms with Gasteiger partial charge in [-0.05, 0) is 0 Å². The minimum atomic E-state index is -1.75. The summed E-state index contributed by atoms with van der Waals surface area (Å²) in [6.45, 7) is 0. The second-order valence-corrected chi connectivity index (χ2v) is 0.447. The fraction of sp³-hybridized carbons (Fsp3) is 0. The van der Waals surface area contributed by atoms with Crippen molar-refractivity contribution in [3.8, 4) is 0 Å². The summed E-state index contributed by atoms with van der Waals surface area (Å²) in [6, 6.07) is 0. The van der Waals surface area contributed by atoms with Gasteiger partial charge in [0.05, 0.1) is 22.6 Å².